The molecule has 0 bridgehead atoms. The molecule has 1 aromatic rings. The number of rotatable bonds is 6. The fourth-order valence-corrected chi connectivity index (χ4v) is 1.91. The van der Waals surface area contributed by atoms with Crippen molar-refractivity contribution in [1.29, 1.82) is 0 Å². The van der Waals surface area contributed by atoms with Crippen molar-refractivity contribution in [3.05, 3.63) is 29.8 Å². The van der Waals surface area contributed by atoms with Crippen molar-refractivity contribution < 1.29 is 13.2 Å². The maximum absolute atomic E-state index is 11.8. The molecule has 1 aromatic carbocycles. The Hall–Kier alpha value is -1.40. The average Bonchev–Trinajstić information content (AvgIpc) is 2.34. The molecule has 2 N–H and O–H groups in total. The number of amides is 1. The molecule has 0 heterocycles. The van der Waals surface area contributed by atoms with Crippen molar-refractivity contribution in [3.8, 4) is 0 Å². The van der Waals surface area contributed by atoms with Crippen molar-refractivity contribution in [2.75, 3.05) is 18.1 Å². The van der Waals surface area contributed by atoms with Gasteiger partial charge in [0.15, 0.2) is 9.84 Å². The molecule has 1 unspecified atom stereocenters. The van der Waals surface area contributed by atoms with E-state index in [0.29, 0.717) is 12.2 Å². The second-order valence-electron chi connectivity index (χ2n) is 4.44. The standard InChI is InChI=1S/C13H20N2O3S/c1-4-14-9-11-6-5-7-12(8-11)15-13(16)10(2)19(3,17)18/h5-8,10,14H,4,9H2,1-3H3,(H,15,16). The molecule has 0 radical (unpaired) electrons. The Morgan fingerprint density at radius 2 is 2.05 bits per heavy atom. The number of benzene rings is 1. The summed E-state index contributed by atoms with van der Waals surface area (Å²) >= 11 is 0. The molecule has 6 heteroatoms. The van der Waals surface area contributed by atoms with Gasteiger partial charge in [0, 0.05) is 18.5 Å². The molecule has 106 valence electrons. The third-order valence-corrected chi connectivity index (χ3v) is 4.28. The number of carbonyl (C=O) groups is 1. The average molecular weight is 284 g/mol. The number of hydrogen-bond acceptors (Lipinski definition) is 4. The fraction of sp³-hybridized carbons (Fsp3) is 0.462. The van der Waals surface area contributed by atoms with Gasteiger partial charge in [0.2, 0.25) is 5.91 Å². The van der Waals surface area contributed by atoms with Crippen LogP contribution in [0.2, 0.25) is 0 Å². The van der Waals surface area contributed by atoms with Crippen LogP contribution < -0.4 is 10.6 Å². The third kappa shape index (κ3) is 5.00. The van der Waals surface area contributed by atoms with E-state index < -0.39 is 21.0 Å². The fourth-order valence-electron chi connectivity index (χ4n) is 1.47. The van der Waals surface area contributed by atoms with Gasteiger partial charge in [0.1, 0.15) is 5.25 Å². The van der Waals surface area contributed by atoms with Crippen LogP contribution >= 0.6 is 0 Å². The van der Waals surface area contributed by atoms with Crippen LogP contribution in [0.5, 0.6) is 0 Å². The van der Waals surface area contributed by atoms with Gasteiger partial charge < -0.3 is 10.6 Å². The maximum Gasteiger partial charge on any atom is 0.242 e. The first-order chi connectivity index (χ1) is 8.84. The molecular weight excluding hydrogens is 264 g/mol. The molecule has 0 saturated carbocycles. The van der Waals surface area contributed by atoms with E-state index in [1.54, 1.807) is 6.07 Å². The first kappa shape index (κ1) is 15.7. The largest absolute Gasteiger partial charge is 0.325 e. The molecule has 1 atom stereocenters. The highest BCUT2D eigenvalue weighted by Crippen LogP contribution is 2.12. The van der Waals surface area contributed by atoms with Crippen LogP contribution in [0.25, 0.3) is 0 Å². The summed E-state index contributed by atoms with van der Waals surface area (Å²) in [4.78, 5) is 11.8. The number of carbonyl (C=O) groups excluding carboxylic acids is 1. The SMILES string of the molecule is CCNCc1cccc(NC(=O)C(C)S(C)(=O)=O)c1. The molecule has 0 saturated heterocycles. The molecule has 0 spiro atoms. The number of hydrogen-bond donors (Lipinski definition) is 2. The molecule has 0 aromatic heterocycles. The van der Waals surface area contributed by atoms with Gasteiger partial charge in [0.05, 0.1) is 0 Å². The lowest BCUT2D eigenvalue weighted by molar-refractivity contribution is -0.115. The first-order valence-corrected chi connectivity index (χ1v) is 8.09. The Labute approximate surface area is 114 Å². The molecule has 19 heavy (non-hydrogen) atoms. The Morgan fingerprint density at radius 3 is 2.63 bits per heavy atom. The molecule has 0 fully saturated rings. The summed E-state index contributed by atoms with van der Waals surface area (Å²) in [5, 5.41) is 4.75. The Bertz CT molecular complexity index is 541. The topological polar surface area (TPSA) is 75.3 Å². The zero-order chi connectivity index (χ0) is 14.5. The molecule has 1 amide bonds. The molecule has 5 nitrogen and oxygen atoms in total. The number of sulfone groups is 1. The van der Waals surface area contributed by atoms with Gasteiger partial charge in [0.25, 0.3) is 0 Å². The molecular formula is C13H20N2O3S. The number of nitrogens with one attached hydrogen (secondary N) is 2. The zero-order valence-electron chi connectivity index (χ0n) is 11.4. The predicted molar refractivity (Wildman–Crippen MR) is 76.8 cm³/mol. The molecule has 0 aliphatic heterocycles. The van der Waals surface area contributed by atoms with Crippen LogP contribution in [0, 0.1) is 0 Å². The van der Waals surface area contributed by atoms with Crippen LogP contribution in [-0.4, -0.2) is 32.4 Å². The third-order valence-electron chi connectivity index (χ3n) is 2.79. The van der Waals surface area contributed by atoms with Crippen molar-refractivity contribution in [3.63, 3.8) is 0 Å². The van der Waals surface area contributed by atoms with Crippen molar-refractivity contribution in [1.82, 2.24) is 5.32 Å². The highest BCUT2D eigenvalue weighted by atomic mass is 32.2. The second-order valence-corrected chi connectivity index (χ2v) is 6.81. The van der Waals surface area contributed by atoms with Gasteiger partial charge in [-0.25, -0.2) is 8.42 Å². The van der Waals surface area contributed by atoms with Gasteiger partial charge in [-0.15, -0.1) is 0 Å². The van der Waals surface area contributed by atoms with Crippen molar-refractivity contribution in [2.24, 2.45) is 0 Å². The van der Waals surface area contributed by atoms with Gasteiger partial charge in [-0.2, -0.15) is 0 Å². The van der Waals surface area contributed by atoms with E-state index in [4.69, 9.17) is 0 Å². The smallest absolute Gasteiger partial charge is 0.242 e. The summed E-state index contributed by atoms with van der Waals surface area (Å²) < 4.78 is 22.6. The quantitative estimate of drug-likeness (QED) is 0.822. The molecule has 0 aliphatic carbocycles. The summed E-state index contributed by atoms with van der Waals surface area (Å²) in [6.07, 6.45) is 1.05. The summed E-state index contributed by atoms with van der Waals surface area (Å²) in [5.74, 6) is -0.511. The van der Waals surface area contributed by atoms with E-state index in [1.807, 2.05) is 25.1 Å². The van der Waals surface area contributed by atoms with Gasteiger partial charge in [-0.3, -0.25) is 4.79 Å². The van der Waals surface area contributed by atoms with Crippen molar-refractivity contribution >= 4 is 21.4 Å². The van der Waals surface area contributed by atoms with Gasteiger partial charge >= 0.3 is 0 Å². The van der Waals surface area contributed by atoms with Crippen LogP contribution in [0.3, 0.4) is 0 Å². The second kappa shape index (κ2) is 6.68. The molecule has 1 rings (SSSR count). The molecule has 0 aliphatic rings. The summed E-state index contributed by atoms with van der Waals surface area (Å²) in [5.41, 5.74) is 1.64. The van der Waals surface area contributed by atoms with Crippen molar-refractivity contribution in [2.45, 2.75) is 25.6 Å². The summed E-state index contributed by atoms with van der Waals surface area (Å²) in [7, 11) is -3.37. The Kier molecular flexibility index (Phi) is 5.50. The lowest BCUT2D eigenvalue weighted by atomic mass is 10.2. The Morgan fingerprint density at radius 1 is 1.37 bits per heavy atom. The van der Waals surface area contributed by atoms with Crippen LogP contribution in [0.1, 0.15) is 19.4 Å². The Balaban J connectivity index is 2.74. The van der Waals surface area contributed by atoms with Gasteiger partial charge in [-0.05, 0) is 31.2 Å². The van der Waals surface area contributed by atoms with Crippen LogP contribution in [0.4, 0.5) is 5.69 Å². The highest BCUT2D eigenvalue weighted by Gasteiger charge is 2.23. The minimum atomic E-state index is -3.37. The van der Waals surface area contributed by atoms with Gasteiger partial charge in [-0.1, -0.05) is 19.1 Å². The minimum absolute atomic E-state index is 0.511. The summed E-state index contributed by atoms with van der Waals surface area (Å²) in [6.45, 7) is 4.97. The number of anilines is 1. The highest BCUT2D eigenvalue weighted by molar-refractivity contribution is 7.92. The minimum Gasteiger partial charge on any atom is -0.325 e. The first-order valence-electron chi connectivity index (χ1n) is 6.14. The lowest BCUT2D eigenvalue weighted by Crippen LogP contribution is -2.31. The van der Waals surface area contributed by atoms with E-state index in [0.717, 1.165) is 18.4 Å². The van der Waals surface area contributed by atoms with E-state index in [-0.39, 0.29) is 0 Å². The zero-order valence-corrected chi connectivity index (χ0v) is 12.3. The van der Waals surface area contributed by atoms with E-state index in [9.17, 15) is 13.2 Å². The predicted octanol–water partition coefficient (Wildman–Crippen LogP) is 1.17. The normalized spacial score (nSPS) is 13.0. The summed E-state index contributed by atoms with van der Waals surface area (Å²) in [6, 6.07) is 7.34. The van der Waals surface area contributed by atoms with Crippen LogP contribution in [-0.2, 0) is 21.2 Å². The lowest BCUT2D eigenvalue weighted by Gasteiger charge is -2.11. The van der Waals surface area contributed by atoms with Crippen LogP contribution in [0.15, 0.2) is 24.3 Å². The maximum atomic E-state index is 11.8. The monoisotopic (exact) mass is 284 g/mol. The van der Waals surface area contributed by atoms with E-state index in [2.05, 4.69) is 10.6 Å². The van der Waals surface area contributed by atoms with E-state index in [1.165, 1.54) is 6.92 Å². The van der Waals surface area contributed by atoms with E-state index >= 15 is 0 Å².